The molecule has 1 heterocycles. The SMILES string of the molecule is CCc1cc(NCc2cc3c(C)ccc(C)c3o2)c(O)cc1C. The van der Waals surface area contributed by atoms with Gasteiger partial charge in [-0.1, -0.05) is 19.1 Å². The predicted octanol–water partition coefficient (Wildman–Crippen LogP) is 5.24. The summed E-state index contributed by atoms with van der Waals surface area (Å²) in [5, 5.41) is 14.6. The van der Waals surface area contributed by atoms with Crippen LogP contribution in [0.2, 0.25) is 0 Å². The third kappa shape index (κ3) is 2.91. The number of fused-ring (bicyclic) bond motifs is 1. The number of nitrogens with one attached hydrogen (secondary N) is 1. The Balaban J connectivity index is 1.86. The van der Waals surface area contributed by atoms with Crippen molar-refractivity contribution in [2.24, 2.45) is 0 Å². The van der Waals surface area contributed by atoms with Crippen LogP contribution in [0.1, 0.15) is 34.9 Å². The smallest absolute Gasteiger partial charge is 0.138 e. The number of anilines is 1. The molecule has 0 radical (unpaired) electrons. The van der Waals surface area contributed by atoms with E-state index >= 15 is 0 Å². The standard InChI is InChI=1S/C20H23NO2/c1-5-15-9-18(19(22)8-14(15)4)21-11-16-10-17-12(2)6-7-13(3)20(17)23-16/h6-10,21-22H,5,11H2,1-4H3. The fraction of sp³-hybridized carbons (Fsp3) is 0.300. The lowest BCUT2D eigenvalue weighted by molar-refractivity contribution is 0.476. The normalized spacial score (nSPS) is 11.1. The topological polar surface area (TPSA) is 45.4 Å². The quantitative estimate of drug-likeness (QED) is 0.648. The zero-order valence-electron chi connectivity index (χ0n) is 14.2. The van der Waals surface area contributed by atoms with Crippen molar-refractivity contribution in [1.29, 1.82) is 0 Å². The van der Waals surface area contributed by atoms with Crippen molar-refractivity contribution in [3.05, 3.63) is 58.3 Å². The second-order valence-electron chi connectivity index (χ2n) is 6.16. The second-order valence-corrected chi connectivity index (χ2v) is 6.16. The molecule has 3 nitrogen and oxygen atoms in total. The van der Waals surface area contributed by atoms with E-state index in [2.05, 4.69) is 44.3 Å². The van der Waals surface area contributed by atoms with Gasteiger partial charge in [0.25, 0.3) is 0 Å². The van der Waals surface area contributed by atoms with Crippen LogP contribution in [-0.4, -0.2) is 5.11 Å². The molecule has 3 aromatic rings. The van der Waals surface area contributed by atoms with Gasteiger partial charge in [0.1, 0.15) is 17.1 Å². The highest BCUT2D eigenvalue weighted by atomic mass is 16.3. The predicted molar refractivity (Wildman–Crippen MR) is 95.2 cm³/mol. The summed E-state index contributed by atoms with van der Waals surface area (Å²) in [6.45, 7) is 8.84. The number of phenols is 1. The molecule has 0 amide bonds. The first-order valence-corrected chi connectivity index (χ1v) is 8.04. The van der Waals surface area contributed by atoms with Crippen LogP contribution >= 0.6 is 0 Å². The molecule has 0 aliphatic rings. The third-order valence-corrected chi connectivity index (χ3v) is 4.44. The molecule has 3 heteroatoms. The van der Waals surface area contributed by atoms with Crippen molar-refractivity contribution in [3.63, 3.8) is 0 Å². The highest BCUT2D eigenvalue weighted by Gasteiger charge is 2.10. The molecule has 0 atom stereocenters. The maximum absolute atomic E-state index is 10.1. The molecule has 0 aliphatic carbocycles. The molecule has 0 saturated carbocycles. The average molecular weight is 309 g/mol. The molecule has 0 fully saturated rings. The van der Waals surface area contributed by atoms with Crippen LogP contribution in [0.5, 0.6) is 5.75 Å². The highest BCUT2D eigenvalue weighted by molar-refractivity contribution is 5.84. The lowest BCUT2D eigenvalue weighted by Gasteiger charge is -2.11. The molecule has 0 saturated heterocycles. The lowest BCUT2D eigenvalue weighted by Crippen LogP contribution is -2.00. The van der Waals surface area contributed by atoms with E-state index in [1.807, 2.05) is 19.1 Å². The van der Waals surface area contributed by atoms with Crippen molar-refractivity contribution < 1.29 is 9.52 Å². The Morgan fingerprint density at radius 3 is 2.43 bits per heavy atom. The number of phenolic OH excluding ortho intramolecular Hbond substituents is 1. The monoisotopic (exact) mass is 309 g/mol. The Hall–Kier alpha value is -2.42. The van der Waals surface area contributed by atoms with E-state index in [0.717, 1.165) is 40.0 Å². The summed E-state index contributed by atoms with van der Waals surface area (Å²) in [4.78, 5) is 0. The molecule has 120 valence electrons. The molecule has 2 aromatic carbocycles. The van der Waals surface area contributed by atoms with Crippen LogP contribution in [0.25, 0.3) is 11.0 Å². The minimum Gasteiger partial charge on any atom is -0.506 e. The molecular weight excluding hydrogens is 286 g/mol. The van der Waals surface area contributed by atoms with E-state index < -0.39 is 0 Å². The second kappa shape index (κ2) is 5.99. The number of rotatable bonds is 4. The van der Waals surface area contributed by atoms with Gasteiger partial charge in [0.15, 0.2) is 0 Å². The maximum atomic E-state index is 10.1. The Bertz CT molecular complexity index is 823. The zero-order chi connectivity index (χ0) is 16.6. The molecule has 0 spiro atoms. The van der Waals surface area contributed by atoms with Crippen LogP contribution < -0.4 is 5.32 Å². The van der Waals surface area contributed by atoms with Crippen molar-refractivity contribution in [2.45, 2.75) is 40.7 Å². The lowest BCUT2D eigenvalue weighted by atomic mass is 10.0. The Labute approximate surface area is 136 Å². The Morgan fingerprint density at radius 1 is 1.00 bits per heavy atom. The summed E-state index contributed by atoms with van der Waals surface area (Å²) in [6, 6.07) is 10.1. The van der Waals surface area contributed by atoms with Crippen molar-refractivity contribution in [2.75, 3.05) is 5.32 Å². The molecule has 1 aromatic heterocycles. The molecule has 3 rings (SSSR count). The Morgan fingerprint density at radius 2 is 1.74 bits per heavy atom. The molecule has 0 unspecified atom stereocenters. The van der Waals surface area contributed by atoms with Gasteiger partial charge < -0.3 is 14.8 Å². The zero-order valence-corrected chi connectivity index (χ0v) is 14.2. The van der Waals surface area contributed by atoms with Crippen molar-refractivity contribution in [1.82, 2.24) is 0 Å². The first-order valence-electron chi connectivity index (χ1n) is 8.04. The number of furan rings is 1. The van der Waals surface area contributed by atoms with Gasteiger partial charge in [0.2, 0.25) is 0 Å². The number of aromatic hydroxyl groups is 1. The third-order valence-electron chi connectivity index (χ3n) is 4.44. The molecule has 23 heavy (non-hydrogen) atoms. The van der Waals surface area contributed by atoms with Crippen LogP contribution in [0, 0.1) is 20.8 Å². The van der Waals surface area contributed by atoms with Gasteiger partial charge in [0.05, 0.1) is 12.2 Å². The van der Waals surface area contributed by atoms with Gasteiger partial charge in [-0.05, 0) is 67.6 Å². The number of benzene rings is 2. The summed E-state index contributed by atoms with van der Waals surface area (Å²) in [6.07, 6.45) is 0.948. The van der Waals surface area contributed by atoms with Crippen molar-refractivity contribution >= 4 is 16.7 Å². The van der Waals surface area contributed by atoms with Crippen LogP contribution in [0.15, 0.2) is 34.7 Å². The van der Waals surface area contributed by atoms with E-state index in [9.17, 15) is 5.11 Å². The fourth-order valence-electron chi connectivity index (χ4n) is 2.97. The molecule has 0 aliphatic heterocycles. The summed E-state index contributed by atoms with van der Waals surface area (Å²) < 4.78 is 5.98. The van der Waals surface area contributed by atoms with E-state index in [4.69, 9.17) is 4.42 Å². The highest BCUT2D eigenvalue weighted by Crippen LogP contribution is 2.30. The largest absolute Gasteiger partial charge is 0.506 e. The number of aryl methyl sites for hydroxylation is 4. The van der Waals surface area contributed by atoms with Gasteiger partial charge >= 0.3 is 0 Å². The van der Waals surface area contributed by atoms with E-state index in [-0.39, 0.29) is 5.75 Å². The van der Waals surface area contributed by atoms with Gasteiger partial charge in [0, 0.05) is 5.39 Å². The number of hydrogen-bond donors (Lipinski definition) is 2. The first-order chi connectivity index (χ1) is 11.0. The summed E-state index contributed by atoms with van der Waals surface area (Å²) in [5.41, 5.74) is 6.41. The summed E-state index contributed by atoms with van der Waals surface area (Å²) >= 11 is 0. The first kappa shape index (κ1) is 15.5. The number of hydrogen-bond acceptors (Lipinski definition) is 3. The molecular formula is C20H23NO2. The van der Waals surface area contributed by atoms with E-state index in [1.54, 1.807) is 0 Å². The van der Waals surface area contributed by atoms with E-state index in [1.165, 1.54) is 11.1 Å². The van der Waals surface area contributed by atoms with Crippen molar-refractivity contribution in [3.8, 4) is 5.75 Å². The molecule has 0 bridgehead atoms. The van der Waals surface area contributed by atoms with Crippen LogP contribution in [0.3, 0.4) is 0 Å². The Kier molecular flexibility index (Phi) is 4.03. The van der Waals surface area contributed by atoms with E-state index in [0.29, 0.717) is 6.54 Å². The van der Waals surface area contributed by atoms with Gasteiger partial charge in [-0.25, -0.2) is 0 Å². The minimum absolute atomic E-state index is 0.281. The van der Waals surface area contributed by atoms with Crippen LogP contribution in [0.4, 0.5) is 5.69 Å². The fourth-order valence-corrected chi connectivity index (χ4v) is 2.97. The van der Waals surface area contributed by atoms with Gasteiger partial charge in [-0.15, -0.1) is 0 Å². The van der Waals surface area contributed by atoms with Crippen LogP contribution in [-0.2, 0) is 13.0 Å². The van der Waals surface area contributed by atoms with Gasteiger partial charge in [-0.2, -0.15) is 0 Å². The van der Waals surface area contributed by atoms with Gasteiger partial charge in [-0.3, -0.25) is 0 Å². The summed E-state index contributed by atoms with van der Waals surface area (Å²) in [7, 11) is 0. The minimum atomic E-state index is 0.281. The molecule has 2 N–H and O–H groups in total. The summed E-state index contributed by atoms with van der Waals surface area (Å²) in [5.74, 6) is 1.15. The maximum Gasteiger partial charge on any atom is 0.138 e. The average Bonchev–Trinajstić information content (AvgIpc) is 2.96.